The third-order valence-corrected chi connectivity index (χ3v) is 6.86. The summed E-state index contributed by atoms with van der Waals surface area (Å²) < 4.78 is 5.28. The summed E-state index contributed by atoms with van der Waals surface area (Å²) in [6, 6.07) is 0. The summed E-state index contributed by atoms with van der Waals surface area (Å²) in [5.41, 5.74) is -1.30. The first-order chi connectivity index (χ1) is 15.1. The highest BCUT2D eigenvalue weighted by atomic mass is 16.5. The summed E-state index contributed by atoms with van der Waals surface area (Å²) in [5, 5.41) is 11.3. The van der Waals surface area contributed by atoms with E-state index >= 15 is 0 Å². The normalized spacial score (nSPS) is 14.4. The predicted octanol–water partition coefficient (Wildman–Crippen LogP) is 8.76. The van der Waals surface area contributed by atoms with E-state index in [9.17, 15) is 9.90 Å². The van der Waals surface area contributed by atoms with Gasteiger partial charge in [-0.15, -0.1) is 0 Å². The molecule has 0 spiro atoms. The molecule has 3 nitrogen and oxygen atoms in total. The van der Waals surface area contributed by atoms with E-state index in [0.717, 1.165) is 44.9 Å². The number of carbonyl (C=O) groups is 1. The molecule has 0 saturated heterocycles. The summed E-state index contributed by atoms with van der Waals surface area (Å²) in [5.74, 6) is -0.381. The van der Waals surface area contributed by atoms with E-state index in [4.69, 9.17) is 4.74 Å². The van der Waals surface area contributed by atoms with Crippen molar-refractivity contribution in [1.82, 2.24) is 0 Å². The van der Waals surface area contributed by atoms with Crippen LogP contribution in [-0.2, 0) is 9.53 Å². The van der Waals surface area contributed by atoms with Crippen LogP contribution < -0.4 is 0 Å². The molecule has 0 heterocycles. The number of aliphatic hydroxyl groups is 1. The fraction of sp³-hybridized carbons (Fsp3) is 0.964. The first kappa shape index (κ1) is 30.4. The lowest BCUT2D eigenvalue weighted by Crippen LogP contribution is -2.47. The highest BCUT2D eigenvalue weighted by Crippen LogP contribution is 2.33. The zero-order valence-electron chi connectivity index (χ0n) is 21.7. The van der Waals surface area contributed by atoms with Crippen LogP contribution in [0.4, 0.5) is 0 Å². The van der Waals surface area contributed by atoms with E-state index < -0.39 is 11.6 Å². The van der Waals surface area contributed by atoms with Gasteiger partial charge in [0.05, 0.1) is 6.61 Å². The Bertz CT molecular complexity index is 396. The van der Waals surface area contributed by atoms with E-state index in [-0.39, 0.29) is 5.92 Å². The van der Waals surface area contributed by atoms with Crippen LogP contribution in [0, 0.1) is 5.92 Å². The van der Waals surface area contributed by atoms with Gasteiger partial charge in [0, 0.05) is 0 Å². The number of rotatable bonds is 23. The van der Waals surface area contributed by atoms with Crippen molar-refractivity contribution < 1.29 is 14.6 Å². The number of hydrogen-bond acceptors (Lipinski definition) is 3. The van der Waals surface area contributed by atoms with Crippen molar-refractivity contribution >= 4 is 5.97 Å². The van der Waals surface area contributed by atoms with Crippen molar-refractivity contribution in [2.24, 2.45) is 5.92 Å². The predicted molar refractivity (Wildman–Crippen MR) is 134 cm³/mol. The van der Waals surface area contributed by atoms with Gasteiger partial charge in [-0.05, 0) is 38.5 Å². The topological polar surface area (TPSA) is 46.5 Å². The van der Waals surface area contributed by atoms with E-state index in [0.29, 0.717) is 13.0 Å². The summed E-state index contributed by atoms with van der Waals surface area (Å²) in [7, 11) is 0. The van der Waals surface area contributed by atoms with Crippen LogP contribution in [0.3, 0.4) is 0 Å². The fourth-order valence-electron chi connectivity index (χ4n) is 4.74. The largest absolute Gasteiger partial charge is 0.464 e. The molecule has 0 aliphatic rings. The number of hydrogen-bond donors (Lipinski definition) is 1. The Balaban J connectivity index is 4.08. The zero-order valence-corrected chi connectivity index (χ0v) is 21.7. The number of carbonyl (C=O) groups excluding carboxylic acids is 1. The van der Waals surface area contributed by atoms with Crippen molar-refractivity contribution in [3.63, 3.8) is 0 Å². The Labute approximate surface area is 195 Å². The van der Waals surface area contributed by atoms with Crippen LogP contribution in [0.2, 0.25) is 0 Å². The van der Waals surface area contributed by atoms with Crippen LogP contribution in [-0.4, -0.2) is 23.3 Å². The quantitative estimate of drug-likeness (QED) is 0.128. The lowest BCUT2D eigenvalue weighted by atomic mass is 9.78. The van der Waals surface area contributed by atoms with Crippen LogP contribution in [0.5, 0.6) is 0 Å². The molecule has 2 unspecified atom stereocenters. The van der Waals surface area contributed by atoms with Crippen molar-refractivity contribution in [3.05, 3.63) is 0 Å². The molecule has 0 radical (unpaired) electrons. The Morgan fingerprint density at radius 1 is 0.677 bits per heavy atom. The molecule has 3 heteroatoms. The molecule has 0 rings (SSSR count). The monoisotopic (exact) mass is 440 g/mol. The molecule has 0 aliphatic carbocycles. The first-order valence-electron chi connectivity index (χ1n) is 14.0. The molecule has 0 saturated carbocycles. The first-order valence-corrected chi connectivity index (χ1v) is 14.0. The minimum Gasteiger partial charge on any atom is -0.464 e. The number of esters is 1. The maximum Gasteiger partial charge on any atom is 0.338 e. The van der Waals surface area contributed by atoms with Gasteiger partial charge in [-0.25, -0.2) is 4.79 Å². The van der Waals surface area contributed by atoms with Gasteiger partial charge >= 0.3 is 5.97 Å². The lowest BCUT2D eigenvalue weighted by molar-refractivity contribution is -0.173. The van der Waals surface area contributed by atoms with Crippen LogP contribution >= 0.6 is 0 Å². The second kappa shape index (κ2) is 21.3. The summed E-state index contributed by atoms with van der Waals surface area (Å²) in [4.78, 5) is 12.6. The molecule has 0 bridgehead atoms. The second-order valence-corrected chi connectivity index (χ2v) is 9.59. The Kier molecular flexibility index (Phi) is 20.9. The van der Waals surface area contributed by atoms with Gasteiger partial charge in [-0.2, -0.15) is 0 Å². The average Bonchev–Trinajstić information content (AvgIpc) is 2.77. The van der Waals surface area contributed by atoms with Crippen LogP contribution in [0.1, 0.15) is 156 Å². The fourth-order valence-corrected chi connectivity index (χ4v) is 4.74. The van der Waals surface area contributed by atoms with Crippen molar-refractivity contribution in [1.29, 1.82) is 0 Å². The Morgan fingerprint density at radius 3 is 1.52 bits per heavy atom. The average molecular weight is 441 g/mol. The van der Waals surface area contributed by atoms with Crippen molar-refractivity contribution in [2.45, 2.75) is 162 Å². The zero-order chi connectivity index (χ0) is 23.2. The van der Waals surface area contributed by atoms with Crippen LogP contribution in [0.15, 0.2) is 0 Å². The Morgan fingerprint density at radius 2 is 1.10 bits per heavy atom. The molecule has 1 N–H and O–H groups in total. The number of unbranched alkanes of at least 4 members (excludes halogenated alkanes) is 15. The summed E-state index contributed by atoms with van der Waals surface area (Å²) in [6.45, 7) is 8.72. The van der Waals surface area contributed by atoms with Gasteiger partial charge in [0.15, 0.2) is 5.60 Å². The highest BCUT2D eigenvalue weighted by Gasteiger charge is 2.43. The molecular weight excluding hydrogens is 384 g/mol. The third kappa shape index (κ3) is 15.0. The molecule has 0 aromatic carbocycles. The van der Waals surface area contributed by atoms with Crippen molar-refractivity contribution in [3.8, 4) is 0 Å². The maximum absolute atomic E-state index is 12.6. The molecule has 0 fully saturated rings. The molecule has 0 aromatic rings. The van der Waals surface area contributed by atoms with E-state index in [1.54, 1.807) is 0 Å². The minimum atomic E-state index is -1.30. The highest BCUT2D eigenvalue weighted by molar-refractivity contribution is 5.79. The molecule has 0 aliphatic heterocycles. The van der Waals surface area contributed by atoms with Crippen molar-refractivity contribution in [2.75, 3.05) is 6.61 Å². The molecular formula is C28H56O3. The maximum atomic E-state index is 12.6. The van der Waals surface area contributed by atoms with Gasteiger partial charge in [0.25, 0.3) is 0 Å². The SMILES string of the molecule is CCCCCCCCCCCCCCCC(CC)C(O)(CCCCCC)C(=O)OCC. The smallest absolute Gasteiger partial charge is 0.338 e. The van der Waals surface area contributed by atoms with E-state index in [2.05, 4.69) is 20.8 Å². The van der Waals surface area contributed by atoms with Gasteiger partial charge in [-0.1, -0.05) is 124 Å². The lowest BCUT2D eigenvalue weighted by Gasteiger charge is -2.34. The minimum absolute atomic E-state index is 0.0147. The second-order valence-electron chi connectivity index (χ2n) is 9.59. The molecule has 186 valence electrons. The molecule has 0 aromatic heterocycles. The van der Waals surface area contributed by atoms with E-state index in [1.807, 2.05) is 6.92 Å². The van der Waals surface area contributed by atoms with Gasteiger partial charge in [-0.3, -0.25) is 0 Å². The standard InChI is InChI=1S/C28H56O3/c1-5-9-11-13-14-15-16-17-18-19-20-21-22-24-26(7-3)28(30,27(29)31-8-4)25-23-12-10-6-2/h26,30H,5-25H2,1-4H3. The molecule has 2 atom stereocenters. The van der Waals surface area contributed by atoms with Crippen LogP contribution in [0.25, 0.3) is 0 Å². The van der Waals surface area contributed by atoms with Gasteiger partial charge in [0.1, 0.15) is 0 Å². The third-order valence-electron chi connectivity index (χ3n) is 6.86. The van der Waals surface area contributed by atoms with Gasteiger partial charge < -0.3 is 9.84 Å². The number of ether oxygens (including phenoxy) is 1. The Hall–Kier alpha value is -0.570. The molecule has 0 amide bonds. The summed E-state index contributed by atoms with van der Waals surface area (Å²) in [6.07, 6.45) is 24.1. The summed E-state index contributed by atoms with van der Waals surface area (Å²) >= 11 is 0. The van der Waals surface area contributed by atoms with Gasteiger partial charge in [0.2, 0.25) is 0 Å². The van der Waals surface area contributed by atoms with E-state index in [1.165, 1.54) is 77.0 Å². The molecule has 31 heavy (non-hydrogen) atoms.